The van der Waals surface area contributed by atoms with Crippen LogP contribution in [0.4, 0.5) is 0 Å². The quantitative estimate of drug-likeness (QED) is 0.660. The number of likely N-dealkylation sites (N-methyl/N-ethyl adjacent to an activating group) is 1. The van der Waals surface area contributed by atoms with Crippen LogP contribution < -0.4 is 0 Å². The van der Waals surface area contributed by atoms with Crippen LogP contribution in [0.25, 0.3) is 0 Å². The number of carbonyl (C=O) groups is 2. The molecule has 0 saturated carbocycles. The molecule has 0 aliphatic rings. The van der Waals surface area contributed by atoms with E-state index in [0.717, 1.165) is 12.8 Å². The SMILES string of the molecule is CCCC(O)(CCC)CC(=O)N(CC)CC(=O)O. The summed E-state index contributed by atoms with van der Waals surface area (Å²) in [6.07, 6.45) is 2.74. The molecule has 0 saturated heterocycles. The summed E-state index contributed by atoms with van der Waals surface area (Å²) in [7, 11) is 0. The lowest BCUT2D eigenvalue weighted by Crippen LogP contribution is -2.41. The van der Waals surface area contributed by atoms with E-state index >= 15 is 0 Å². The summed E-state index contributed by atoms with van der Waals surface area (Å²) in [6, 6.07) is 0. The molecular weight excluding hydrogens is 234 g/mol. The maximum atomic E-state index is 12.0. The Balaban J connectivity index is 4.60. The molecule has 106 valence electrons. The number of carbonyl (C=O) groups excluding carboxylic acids is 1. The summed E-state index contributed by atoms with van der Waals surface area (Å²) in [6.45, 7) is 5.70. The minimum atomic E-state index is -1.03. The van der Waals surface area contributed by atoms with E-state index < -0.39 is 11.6 Å². The number of aliphatic hydroxyl groups is 1. The Kier molecular flexibility index (Phi) is 7.59. The summed E-state index contributed by atoms with van der Waals surface area (Å²) in [5.74, 6) is -1.32. The van der Waals surface area contributed by atoms with Crippen molar-refractivity contribution in [1.29, 1.82) is 0 Å². The number of nitrogens with zero attached hydrogens (tertiary/aromatic N) is 1. The molecule has 0 unspecified atom stereocenters. The van der Waals surface area contributed by atoms with Crippen molar-refractivity contribution in [1.82, 2.24) is 4.90 Å². The Bertz CT molecular complexity index is 272. The van der Waals surface area contributed by atoms with Gasteiger partial charge < -0.3 is 15.1 Å². The molecule has 0 aliphatic heterocycles. The lowest BCUT2D eigenvalue weighted by molar-refractivity contribution is -0.147. The van der Waals surface area contributed by atoms with Crippen LogP contribution in [0, 0.1) is 0 Å². The van der Waals surface area contributed by atoms with Crippen molar-refractivity contribution in [3.8, 4) is 0 Å². The monoisotopic (exact) mass is 259 g/mol. The van der Waals surface area contributed by atoms with Crippen LogP contribution in [0.1, 0.15) is 52.9 Å². The molecule has 5 nitrogen and oxygen atoms in total. The number of carboxylic acids is 1. The van der Waals surface area contributed by atoms with Gasteiger partial charge in [0.05, 0.1) is 12.0 Å². The zero-order chi connectivity index (χ0) is 14.2. The average molecular weight is 259 g/mol. The number of amides is 1. The van der Waals surface area contributed by atoms with Gasteiger partial charge in [-0.15, -0.1) is 0 Å². The summed E-state index contributed by atoms with van der Waals surface area (Å²) in [4.78, 5) is 23.9. The second-order valence-electron chi connectivity index (χ2n) is 4.70. The van der Waals surface area contributed by atoms with Crippen LogP contribution in [0.15, 0.2) is 0 Å². The molecule has 0 aromatic heterocycles. The Morgan fingerprint density at radius 1 is 1.11 bits per heavy atom. The van der Waals surface area contributed by atoms with Gasteiger partial charge in [-0.2, -0.15) is 0 Å². The molecule has 0 atom stereocenters. The molecule has 0 heterocycles. The van der Waals surface area contributed by atoms with Crippen LogP contribution in [0.2, 0.25) is 0 Å². The van der Waals surface area contributed by atoms with Crippen molar-refractivity contribution < 1.29 is 19.8 Å². The first kappa shape index (κ1) is 16.9. The zero-order valence-electron chi connectivity index (χ0n) is 11.6. The molecule has 0 rings (SSSR count). The Morgan fingerprint density at radius 3 is 1.94 bits per heavy atom. The second kappa shape index (κ2) is 8.08. The highest BCUT2D eigenvalue weighted by molar-refractivity contribution is 5.82. The lowest BCUT2D eigenvalue weighted by Gasteiger charge is -2.29. The number of hydrogen-bond donors (Lipinski definition) is 2. The third kappa shape index (κ3) is 6.00. The fourth-order valence-electron chi connectivity index (χ4n) is 2.17. The van der Waals surface area contributed by atoms with Crippen LogP contribution in [-0.2, 0) is 9.59 Å². The normalized spacial score (nSPS) is 11.3. The molecule has 0 bridgehead atoms. The van der Waals surface area contributed by atoms with Gasteiger partial charge in [-0.1, -0.05) is 26.7 Å². The Morgan fingerprint density at radius 2 is 1.61 bits per heavy atom. The smallest absolute Gasteiger partial charge is 0.323 e. The van der Waals surface area contributed by atoms with E-state index in [1.807, 2.05) is 13.8 Å². The van der Waals surface area contributed by atoms with Gasteiger partial charge in [-0.3, -0.25) is 9.59 Å². The molecule has 0 fully saturated rings. The van der Waals surface area contributed by atoms with Crippen molar-refractivity contribution in [3.63, 3.8) is 0 Å². The van der Waals surface area contributed by atoms with Crippen molar-refractivity contribution in [3.05, 3.63) is 0 Å². The molecule has 0 spiro atoms. The van der Waals surface area contributed by atoms with Gasteiger partial charge in [-0.25, -0.2) is 0 Å². The van der Waals surface area contributed by atoms with Crippen molar-refractivity contribution in [2.24, 2.45) is 0 Å². The zero-order valence-corrected chi connectivity index (χ0v) is 11.6. The van der Waals surface area contributed by atoms with E-state index in [4.69, 9.17) is 5.11 Å². The summed E-state index contributed by atoms with van der Waals surface area (Å²) in [5.41, 5.74) is -0.994. The van der Waals surface area contributed by atoms with Crippen molar-refractivity contribution in [2.45, 2.75) is 58.5 Å². The van der Waals surface area contributed by atoms with Crippen molar-refractivity contribution in [2.75, 3.05) is 13.1 Å². The maximum Gasteiger partial charge on any atom is 0.323 e. The van der Waals surface area contributed by atoms with Gasteiger partial charge in [0.25, 0.3) is 0 Å². The first-order chi connectivity index (χ1) is 8.38. The van der Waals surface area contributed by atoms with Gasteiger partial charge >= 0.3 is 5.97 Å². The van der Waals surface area contributed by atoms with Crippen LogP contribution >= 0.6 is 0 Å². The summed E-state index contributed by atoms with van der Waals surface area (Å²) < 4.78 is 0. The fraction of sp³-hybridized carbons (Fsp3) is 0.846. The van der Waals surface area contributed by atoms with E-state index in [1.54, 1.807) is 6.92 Å². The third-order valence-corrected chi connectivity index (χ3v) is 2.97. The minimum absolute atomic E-state index is 0.00972. The number of rotatable bonds is 9. The summed E-state index contributed by atoms with van der Waals surface area (Å²) in [5, 5.41) is 19.1. The van der Waals surface area contributed by atoms with E-state index in [1.165, 1.54) is 4.90 Å². The molecule has 5 heteroatoms. The minimum Gasteiger partial charge on any atom is -0.480 e. The predicted molar refractivity (Wildman–Crippen MR) is 69.3 cm³/mol. The van der Waals surface area contributed by atoms with Gasteiger partial charge in [0.1, 0.15) is 6.54 Å². The van der Waals surface area contributed by atoms with Gasteiger partial charge in [0.15, 0.2) is 0 Å². The third-order valence-electron chi connectivity index (χ3n) is 2.97. The first-order valence-corrected chi connectivity index (χ1v) is 6.60. The Labute approximate surface area is 109 Å². The van der Waals surface area contributed by atoms with Crippen LogP contribution in [0.5, 0.6) is 0 Å². The molecule has 18 heavy (non-hydrogen) atoms. The van der Waals surface area contributed by atoms with Gasteiger partial charge in [0, 0.05) is 6.54 Å². The summed E-state index contributed by atoms with van der Waals surface area (Å²) >= 11 is 0. The van der Waals surface area contributed by atoms with E-state index in [0.29, 0.717) is 19.4 Å². The molecule has 2 N–H and O–H groups in total. The van der Waals surface area contributed by atoms with Crippen molar-refractivity contribution >= 4 is 11.9 Å². The van der Waals surface area contributed by atoms with E-state index in [9.17, 15) is 14.7 Å². The van der Waals surface area contributed by atoms with Crippen LogP contribution in [-0.4, -0.2) is 45.7 Å². The highest BCUT2D eigenvalue weighted by atomic mass is 16.4. The highest BCUT2D eigenvalue weighted by Crippen LogP contribution is 2.24. The number of aliphatic carboxylic acids is 1. The average Bonchev–Trinajstić information content (AvgIpc) is 2.25. The second-order valence-corrected chi connectivity index (χ2v) is 4.70. The molecular formula is C13H25NO4. The standard InChI is InChI=1S/C13H25NO4/c1-4-7-13(18,8-5-2)9-11(15)14(6-3)10-12(16)17/h18H,4-10H2,1-3H3,(H,16,17). The number of hydrogen-bond acceptors (Lipinski definition) is 3. The predicted octanol–water partition coefficient (Wildman–Crippen LogP) is 1.64. The van der Waals surface area contributed by atoms with E-state index in [-0.39, 0.29) is 18.9 Å². The molecule has 1 amide bonds. The van der Waals surface area contributed by atoms with E-state index in [2.05, 4.69) is 0 Å². The molecule has 0 aromatic carbocycles. The highest BCUT2D eigenvalue weighted by Gasteiger charge is 2.30. The fourth-order valence-corrected chi connectivity index (χ4v) is 2.17. The van der Waals surface area contributed by atoms with Gasteiger partial charge in [-0.05, 0) is 19.8 Å². The molecule has 0 aromatic rings. The maximum absolute atomic E-state index is 12.0. The van der Waals surface area contributed by atoms with Crippen LogP contribution in [0.3, 0.4) is 0 Å². The first-order valence-electron chi connectivity index (χ1n) is 6.60. The molecule has 0 radical (unpaired) electrons. The Hall–Kier alpha value is -1.10. The largest absolute Gasteiger partial charge is 0.480 e. The lowest BCUT2D eigenvalue weighted by atomic mass is 9.89. The number of carboxylic acid groups (broad SMARTS) is 1. The molecule has 0 aliphatic carbocycles. The topological polar surface area (TPSA) is 77.8 Å². The van der Waals surface area contributed by atoms with Gasteiger partial charge in [0.2, 0.25) is 5.91 Å².